The van der Waals surface area contributed by atoms with Crippen LogP contribution >= 0.6 is 0 Å². The Morgan fingerprint density at radius 2 is 1.94 bits per heavy atom. The van der Waals surface area contributed by atoms with Crippen LogP contribution in [0.2, 0.25) is 0 Å². The highest BCUT2D eigenvalue weighted by Gasteiger charge is 2.26. The molecule has 0 aliphatic heterocycles. The van der Waals surface area contributed by atoms with Crippen LogP contribution in [0, 0.1) is 5.92 Å². The van der Waals surface area contributed by atoms with Gasteiger partial charge in [-0.1, -0.05) is 20.3 Å². The average molecular weight is 226 g/mol. The second kappa shape index (κ2) is 6.61. The summed E-state index contributed by atoms with van der Waals surface area (Å²) in [5.74, 6) is 0.807. The summed E-state index contributed by atoms with van der Waals surface area (Å²) in [6.45, 7) is 7.02. The van der Waals surface area contributed by atoms with Gasteiger partial charge in [0.25, 0.3) is 0 Å². The van der Waals surface area contributed by atoms with Crippen molar-refractivity contribution < 1.29 is 0 Å². The Hall–Kier alpha value is -0.0800. The van der Waals surface area contributed by atoms with Crippen molar-refractivity contribution in [2.24, 2.45) is 5.92 Å². The smallest absolute Gasteiger partial charge is 0.0110 e. The maximum Gasteiger partial charge on any atom is 0.0110 e. The van der Waals surface area contributed by atoms with Gasteiger partial charge >= 0.3 is 0 Å². The average Bonchev–Trinajstić information content (AvgIpc) is 2.27. The quantitative estimate of drug-likeness (QED) is 0.775. The Labute approximate surface area is 102 Å². The molecular weight excluding hydrogens is 196 g/mol. The Bertz CT molecular complexity index is 191. The summed E-state index contributed by atoms with van der Waals surface area (Å²) in [5, 5.41) is 3.44. The lowest BCUT2D eigenvalue weighted by Crippen LogP contribution is -2.45. The van der Waals surface area contributed by atoms with Crippen molar-refractivity contribution in [3.63, 3.8) is 0 Å². The molecule has 0 aromatic heterocycles. The maximum absolute atomic E-state index is 3.44. The third-order valence-corrected chi connectivity index (χ3v) is 4.14. The predicted molar refractivity (Wildman–Crippen MR) is 71.8 cm³/mol. The van der Waals surface area contributed by atoms with Gasteiger partial charge in [-0.05, 0) is 52.6 Å². The largest absolute Gasteiger partial charge is 0.317 e. The van der Waals surface area contributed by atoms with Crippen molar-refractivity contribution >= 4 is 0 Å². The summed E-state index contributed by atoms with van der Waals surface area (Å²) < 4.78 is 0. The highest BCUT2D eigenvalue weighted by Crippen LogP contribution is 2.25. The molecule has 0 amide bonds. The van der Waals surface area contributed by atoms with Crippen molar-refractivity contribution in [1.29, 1.82) is 0 Å². The molecule has 3 unspecified atom stereocenters. The van der Waals surface area contributed by atoms with Gasteiger partial charge in [0, 0.05) is 18.1 Å². The van der Waals surface area contributed by atoms with Crippen LogP contribution in [-0.4, -0.2) is 37.1 Å². The van der Waals surface area contributed by atoms with Gasteiger partial charge in [0.05, 0.1) is 0 Å². The van der Waals surface area contributed by atoms with Crippen LogP contribution in [0.4, 0.5) is 0 Å². The summed E-state index contributed by atoms with van der Waals surface area (Å²) in [6, 6.07) is 2.26. The molecule has 0 spiro atoms. The standard InChI is InChI=1S/C14H30N2/c1-11(2)9-12(3)16(5)14-8-6-7-13(10-14)15-4/h11-15H,6-10H2,1-5H3. The molecule has 1 N–H and O–H groups in total. The van der Waals surface area contributed by atoms with E-state index in [1.54, 1.807) is 0 Å². The Morgan fingerprint density at radius 3 is 2.50 bits per heavy atom. The Kier molecular flexibility index (Phi) is 5.77. The molecule has 2 heteroatoms. The lowest BCUT2D eigenvalue weighted by molar-refractivity contribution is 0.120. The molecule has 0 heterocycles. The first kappa shape index (κ1) is 14.0. The molecule has 1 aliphatic rings. The van der Waals surface area contributed by atoms with E-state index in [-0.39, 0.29) is 0 Å². The van der Waals surface area contributed by atoms with E-state index in [1.165, 1.54) is 32.1 Å². The summed E-state index contributed by atoms with van der Waals surface area (Å²) in [6.07, 6.45) is 6.78. The molecule has 0 radical (unpaired) electrons. The molecule has 1 saturated carbocycles. The monoisotopic (exact) mass is 226 g/mol. The number of nitrogens with zero attached hydrogens (tertiary/aromatic N) is 1. The second-order valence-electron chi connectivity index (χ2n) is 5.95. The van der Waals surface area contributed by atoms with Crippen molar-refractivity contribution in [2.45, 2.75) is 71.0 Å². The third-order valence-electron chi connectivity index (χ3n) is 4.14. The molecular formula is C14H30N2. The van der Waals surface area contributed by atoms with Crippen LogP contribution in [-0.2, 0) is 0 Å². The number of hydrogen-bond donors (Lipinski definition) is 1. The van der Waals surface area contributed by atoms with Gasteiger partial charge in [-0.15, -0.1) is 0 Å². The van der Waals surface area contributed by atoms with E-state index in [9.17, 15) is 0 Å². The van der Waals surface area contributed by atoms with Gasteiger partial charge < -0.3 is 10.2 Å². The Morgan fingerprint density at radius 1 is 1.25 bits per heavy atom. The van der Waals surface area contributed by atoms with Crippen LogP contribution in [0.15, 0.2) is 0 Å². The van der Waals surface area contributed by atoms with E-state index < -0.39 is 0 Å². The van der Waals surface area contributed by atoms with Crippen LogP contribution in [0.25, 0.3) is 0 Å². The fourth-order valence-electron chi connectivity index (χ4n) is 3.00. The molecule has 0 aromatic carbocycles. The molecule has 0 aromatic rings. The van der Waals surface area contributed by atoms with E-state index in [2.05, 4.69) is 45.1 Å². The van der Waals surface area contributed by atoms with Crippen LogP contribution in [0.3, 0.4) is 0 Å². The highest BCUT2D eigenvalue weighted by atomic mass is 15.2. The van der Waals surface area contributed by atoms with E-state index in [0.29, 0.717) is 0 Å². The summed E-state index contributed by atoms with van der Waals surface area (Å²) in [4.78, 5) is 2.61. The molecule has 0 saturated heterocycles. The normalized spacial score (nSPS) is 28.7. The lowest BCUT2D eigenvalue weighted by Gasteiger charge is -2.39. The van der Waals surface area contributed by atoms with E-state index in [1.807, 2.05) is 0 Å². The molecule has 3 atom stereocenters. The first-order valence-electron chi connectivity index (χ1n) is 6.93. The van der Waals surface area contributed by atoms with Crippen LogP contribution in [0.1, 0.15) is 52.9 Å². The zero-order chi connectivity index (χ0) is 12.1. The topological polar surface area (TPSA) is 15.3 Å². The minimum atomic E-state index is 0.723. The minimum absolute atomic E-state index is 0.723. The molecule has 0 bridgehead atoms. The molecule has 2 nitrogen and oxygen atoms in total. The van der Waals surface area contributed by atoms with E-state index in [4.69, 9.17) is 0 Å². The van der Waals surface area contributed by atoms with Gasteiger partial charge in [0.2, 0.25) is 0 Å². The summed E-state index contributed by atoms with van der Waals surface area (Å²) in [7, 11) is 4.42. The van der Waals surface area contributed by atoms with Crippen LogP contribution < -0.4 is 5.32 Å². The van der Waals surface area contributed by atoms with Gasteiger partial charge in [0.1, 0.15) is 0 Å². The number of hydrogen-bond acceptors (Lipinski definition) is 2. The number of rotatable bonds is 5. The maximum atomic E-state index is 3.44. The summed E-state index contributed by atoms with van der Waals surface area (Å²) >= 11 is 0. The predicted octanol–water partition coefficient (Wildman–Crippen LogP) is 2.88. The van der Waals surface area contributed by atoms with Gasteiger partial charge in [-0.2, -0.15) is 0 Å². The third kappa shape index (κ3) is 4.06. The zero-order valence-corrected chi connectivity index (χ0v) is 11.8. The Balaban J connectivity index is 2.42. The lowest BCUT2D eigenvalue weighted by atomic mass is 9.89. The van der Waals surface area contributed by atoms with Crippen molar-refractivity contribution in [1.82, 2.24) is 10.2 Å². The first-order chi connectivity index (χ1) is 7.54. The molecule has 16 heavy (non-hydrogen) atoms. The minimum Gasteiger partial charge on any atom is -0.317 e. The highest BCUT2D eigenvalue weighted by molar-refractivity contribution is 4.84. The van der Waals surface area contributed by atoms with Crippen molar-refractivity contribution in [3.05, 3.63) is 0 Å². The van der Waals surface area contributed by atoms with E-state index >= 15 is 0 Å². The molecule has 96 valence electrons. The SMILES string of the molecule is CNC1CCCC(N(C)C(C)CC(C)C)C1. The first-order valence-corrected chi connectivity index (χ1v) is 6.93. The fourth-order valence-corrected chi connectivity index (χ4v) is 3.00. The van der Waals surface area contributed by atoms with E-state index in [0.717, 1.165) is 24.0 Å². The van der Waals surface area contributed by atoms with Gasteiger partial charge in [0.15, 0.2) is 0 Å². The zero-order valence-electron chi connectivity index (χ0n) is 11.8. The van der Waals surface area contributed by atoms with Crippen LogP contribution in [0.5, 0.6) is 0 Å². The van der Waals surface area contributed by atoms with Gasteiger partial charge in [-0.25, -0.2) is 0 Å². The van der Waals surface area contributed by atoms with Crippen molar-refractivity contribution in [3.8, 4) is 0 Å². The molecule has 1 fully saturated rings. The van der Waals surface area contributed by atoms with Crippen molar-refractivity contribution in [2.75, 3.05) is 14.1 Å². The number of nitrogens with one attached hydrogen (secondary N) is 1. The van der Waals surface area contributed by atoms with Gasteiger partial charge in [-0.3, -0.25) is 0 Å². The molecule has 1 aliphatic carbocycles. The fraction of sp³-hybridized carbons (Fsp3) is 1.00. The second-order valence-corrected chi connectivity index (χ2v) is 5.95. The molecule has 1 rings (SSSR count). The summed E-state index contributed by atoms with van der Waals surface area (Å²) in [5.41, 5.74) is 0.